The minimum atomic E-state index is -0.251. The highest BCUT2D eigenvalue weighted by atomic mass is 35.5. The van der Waals surface area contributed by atoms with E-state index in [0.717, 1.165) is 130 Å². The third kappa shape index (κ3) is 63.2. The van der Waals surface area contributed by atoms with E-state index in [4.69, 9.17) is 145 Å². The number of halogens is 3. The third-order valence-electron chi connectivity index (χ3n) is 19.4. The van der Waals surface area contributed by atoms with Crippen molar-refractivity contribution in [3.05, 3.63) is 250 Å². The lowest BCUT2D eigenvalue weighted by Crippen LogP contribution is -2.33. The van der Waals surface area contributed by atoms with Crippen LogP contribution in [0.15, 0.2) is 194 Å². The molecule has 8 aromatic rings. The molecule has 29 nitrogen and oxygen atoms in total. The van der Waals surface area contributed by atoms with Crippen molar-refractivity contribution in [2.24, 2.45) is 0 Å². The zero-order valence-electron chi connectivity index (χ0n) is 84.0. The summed E-state index contributed by atoms with van der Waals surface area (Å²) >= 11 is 27.3. The van der Waals surface area contributed by atoms with Crippen molar-refractivity contribution in [3.8, 4) is 34.5 Å². The molecule has 0 spiro atoms. The Morgan fingerprint density at radius 2 is 0.361 bits per heavy atom. The summed E-state index contributed by atoms with van der Waals surface area (Å²) in [6.07, 6.45) is 0. The standard InChI is InChI=1S/2C22H25NO5S.2C14H21ClO3S.2C14H22O4S.C6H13ClO3/c2*1-26-18-8-6-17(7-9-18)16-29-15-14-28-13-12-27-11-10-23-21(24)19-4-2-3-5-20(19)22(23)25;4*1-16-14-4-2-13(3-5-14)12-19-11-10-18-9-8-17-7-6-15;7-1-3-9-5-6-10-4-2-8/h2*2-9H,10-16H2,1H3;2*2-5H,6-12H2,1H3;2*2-5,15H,6-12H2,1H3;8H,1-6H2. The van der Waals surface area contributed by atoms with Crippen molar-refractivity contribution in [2.45, 2.75) is 34.5 Å². The number of carbonyl (C=O) groups is 4. The van der Waals surface area contributed by atoms with Crippen LogP contribution in [0.5, 0.6) is 34.5 Å². The zero-order chi connectivity index (χ0) is 104. The first-order chi connectivity index (χ1) is 70.8. The highest BCUT2D eigenvalue weighted by Crippen LogP contribution is 2.27. The van der Waals surface area contributed by atoms with E-state index in [1.807, 2.05) is 143 Å². The minimum Gasteiger partial charge on any atom is -0.497 e. The van der Waals surface area contributed by atoms with Crippen molar-refractivity contribution in [2.75, 3.05) is 313 Å². The van der Waals surface area contributed by atoms with Crippen molar-refractivity contribution in [1.29, 1.82) is 0 Å². The largest absolute Gasteiger partial charge is 0.497 e. The van der Waals surface area contributed by atoms with Crippen LogP contribution in [-0.2, 0) is 101 Å². The van der Waals surface area contributed by atoms with E-state index in [1.54, 1.807) is 91.2 Å². The van der Waals surface area contributed by atoms with E-state index in [1.165, 1.54) is 43.2 Å². The normalized spacial score (nSPS) is 11.6. The fourth-order valence-electron chi connectivity index (χ4n) is 12.0. The van der Waals surface area contributed by atoms with Gasteiger partial charge in [-0.2, -0.15) is 70.6 Å². The minimum absolute atomic E-state index is 0.0650. The van der Waals surface area contributed by atoms with Gasteiger partial charge in [0.05, 0.1) is 283 Å². The molecule has 10 rings (SSSR count). The Kier molecular flexibility index (Phi) is 81.9. The molecule has 0 aliphatic carbocycles. The highest BCUT2D eigenvalue weighted by Gasteiger charge is 2.36. The number of carbonyl (C=O) groups excluding carboxylic acids is 4. The molecule has 0 atom stereocenters. The van der Waals surface area contributed by atoms with Crippen LogP contribution < -0.4 is 28.4 Å². The first-order valence-electron chi connectivity index (χ1n) is 47.5. The lowest BCUT2D eigenvalue weighted by molar-refractivity contribution is 0.0375. The smallest absolute Gasteiger partial charge is 0.261 e. The second kappa shape index (κ2) is 91.2. The number of benzene rings is 8. The number of thioether (sulfide) groups is 6. The number of fused-ring (bicyclic) bond motifs is 2. The molecule has 0 saturated carbocycles. The van der Waals surface area contributed by atoms with E-state index in [9.17, 15) is 19.2 Å². The summed E-state index contributed by atoms with van der Waals surface area (Å²) in [5.74, 6) is 17.4. The van der Waals surface area contributed by atoms with Gasteiger partial charge in [0.25, 0.3) is 23.6 Å². The van der Waals surface area contributed by atoms with Crippen LogP contribution in [0.4, 0.5) is 0 Å². The molecule has 38 heteroatoms. The molecule has 144 heavy (non-hydrogen) atoms. The van der Waals surface area contributed by atoms with Gasteiger partial charge in [0, 0.05) is 86.7 Å². The van der Waals surface area contributed by atoms with Crippen LogP contribution in [0.3, 0.4) is 0 Å². The number of aliphatic hydroxyl groups is 3. The molecule has 0 unspecified atom stereocenters. The van der Waals surface area contributed by atoms with Gasteiger partial charge < -0.3 is 110 Å². The van der Waals surface area contributed by atoms with Gasteiger partial charge in [-0.15, -0.1) is 34.8 Å². The average Bonchev–Trinajstić information content (AvgIpc) is 1.64. The Labute approximate surface area is 892 Å². The van der Waals surface area contributed by atoms with E-state index in [-0.39, 0.29) is 56.5 Å². The van der Waals surface area contributed by atoms with E-state index in [0.29, 0.717) is 198 Å². The van der Waals surface area contributed by atoms with E-state index in [2.05, 4.69) is 72.8 Å². The Morgan fingerprint density at radius 1 is 0.208 bits per heavy atom. The molecule has 8 aromatic carbocycles. The fourth-order valence-corrected chi connectivity index (χ4v) is 17.2. The van der Waals surface area contributed by atoms with Gasteiger partial charge in [0.1, 0.15) is 34.5 Å². The van der Waals surface area contributed by atoms with Crippen molar-refractivity contribution in [1.82, 2.24) is 9.80 Å². The van der Waals surface area contributed by atoms with Crippen LogP contribution in [0.1, 0.15) is 74.8 Å². The molecule has 0 radical (unpaired) electrons. The van der Waals surface area contributed by atoms with Gasteiger partial charge >= 0.3 is 0 Å². The third-order valence-corrected chi connectivity index (χ3v) is 25.9. The zero-order valence-corrected chi connectivity index (χ0v) is 91.2. The number of amides is 4. The Hall–Kier alpha value is -6.87. The summed E-state index contributed by atoms with van der Waals surface area (Å²) in [6.45, 7) is 16.2. The number of nitrogens with zero attached hydrogens (tertiary/aromatic N) is 2. The monoisotopic (exact) mass is 2180 g/mol. The Bertz CT molecular complexity index is 3960. The Balaban J connectivity index is 0.000000357. The molecule has 802 valence electrons. The van der Waals surface area contributed by atoms with Crippen LogP contribution in [0, 0.1) is 0 Å². The van der Waals surface area contributed by atoms with E-state index < -0.39 is 0 Å². The molecular weight excluding hydrogens is 2030 g/mol. The molecule has 0 saturated heterocycles. The van der Waals surface area contributed by atoms with Crippen LogP contribution in [0.25, 0.3) is 0 Å². The van der Waals surface area contributed by atoms with Crippen molar-refractivity contribution >= 4 is 129 Å². The lowest BCUT2D eigenvalue weighted by Gasteiger charge is -2.13. The van der Waals surface area contributed by atoms with Gasteiger partial charge in [0.15, 0.2) is 0 Å². The number of hydrogen-bond acceptors (Lipinski definition) is 33. The number of methoxy groups -OCH3 is 6. The molecule has 0 fully saturated rings. The summed E-state index contributed by atoms with van der Waals surface area (Å²) in [4.78, 5) is 51.4. The Morgan fingerprint density at radius 3 is 0.514 bits per heavy atom. The first-order valence-corrected chi connectivity index (χ1v) is 56.1. The molecule has 4 amide bonds. The fraction of sp³-hybridized carbons (Fsp3) is 0.509. The molecule has 2 aliphatic heterocycles. The van der Waals surface area contributed by atoms with Gasteiger partial charge in [-0.25, -0.2) is 0 Å². The highest BCUT2D eigenvalue weighted by molar-refractivity contribution is 7.99. The maximum Gasteiger partial charge on any atom is 0.261 e. The topological polar surface area (TPSA) is 320 Å². The maximum atomic E-state index is 12.2. The molecular formula is C106H149Cl3N2O27S6. The molecule has 2 aliphatic rings. The average molecular weight is 2180 g/mol. The second-order valence-corrected chi connectivity index (χ2v) is 37.6. The maximum absolute atomic E-state index is 12.2. The predicted octanol–water partition coefficient (Wildman–Crippen LogP) is 17.1. The number of hydrogen-bond donors (Lipinski definition) is 3. The molecule has 3 N–H and O–H groups in total. The van der Waals surface area contributed by atoms with Crippen LogP contribution >= 0.6 is 105 Å². The predicted molar refractivity (Wildman–Crippen MR) is 583 cm³/mol. The lowest BCUT2D eigenvalue weighted by atomic mass is 10.1. The summed E-state index contributed by atoms with van der Waals surface area (Å²) in [6, 6.07) is 62.4. The van der Waals surface area contributed by atoms with Gasteiger partial charge in [-0.05, 0) is 130 Å². The number of ether oxygens (including phenoxy) is 20. The summed E-state index contributed by atoms with van der Waals surface area (Å²) in [5.41, 5.74) is 9.56. The number of imide groups is 2. The van der Waals surface area contributed by atoms with Gasteiger partial charge in [0.2, 0.25) is 0 Å². The van der Waals surface area contributed by atoms with Crippen molar-refractivity contribution in [3.63, 3.8) is 0 Å². The molecule has 2 heterocycles. The summed E-state index contributed by atoms with van der Waals surface area (Å²) in [5, 5.41) is 25.3. The summed E-state index contributed by atoms with van der Waals surface area (Å²) in [7, 11) is 10.0. The second-order valence-electron chi connectivity index (χ2n) is 29.8. The van der Waals surface area contributed by atoms with Gasteiger partial charge in [-0.1, -0.05) is 97.1 Å². The number of rotatable bonds is 75. The van der Waals surface area contributed by atoms with Crippen LogP contribution in [0.2, 0.25) is 0 Å². The quantitative estimate of drug-likeness (QED) is 0.0181. The van der Waals surface area contributed by atoms with Crippen molar-refractivity contribution < 1.29 is 129 Å². The molecule has 0 aromatic heterocycles. The van der Waals surface area contributed by atoms with E-state index >= 15 is 0 Å². The van der Waals surface area contributed by atoms with Gasteiger partial charge in [-0.3, -0.25) is 29.0 Å². The summed E-state index contributed by atoms with van der Waals surface area (Å²) < 4.78 is 105. The first kappa shape index (κ1) is 129. The van der Waals surface area contributed by atoms with Crippen LogP contribution in [-0.4, -0.2) is 361 Å². The number of aliphatic hydroxyl groups excluding tert-OH is 3. The number of alkyl halides is 3. The SMILES string of the molecule is COc1ccc(CSCCOCCOCCCl)cc1.COc1ccc(CSCCOCCOCCCl)cc1.COc1ccc(CSCCOCCOCCN2C(=O)c3ccccc3C2=O)cc1.COc1ccc(CSCCOCCOCCN2C(=O)c3ccccc3C2=O)cc1.COc1ccc(CSCCOCCOCCO)cc1.COc1ccc(CSCCOCCOCCO)cc1.OCCOCCOCCCl. The molecule has 0 bridgehead atoms.